The van der Waals surface area contributed by atoms with Crippen molar-refractivity contribution in [2.75, 3.05) is 17.7 Å². The molecule has 3 rings (SSSR count). The summed E-state index contributed by atoms with van der Waals surface area (Å²) in [4.78, 5) is 4.37. The van der Waals surface area contributed by atoms with Crippen molar-refractivity contribution >= 4 is 22.3 Å². The Morgan fingerprint density at radius 2 is 2.10 bits per heavy atom. The first kappa shape index (κ1) is 14.1. The lowest BCUT2D eigenvalue weighted by molar-refractivity contribution is 0.155. The zero-order valence-corrected chi connectivity index (χ0v) is 12.5. The van der Waals surface area contributed by atoms with Gasteiger partial charge in [0, 0.05) is 23.0 Å². The third-order valence-corrected chi connectivity index (χ3v) is 4.70. The average molecular weight is 285 g/mol. The first-order valence-corrected chi connectivity index (χ1v) is 7.65. The second-order valence-electron chi connectivity index (χ2n) is 6.38. The van der Waals surface area contributed by atoms with E-state index in [1.165, 1.54) is 0 Å². The minimum atomic E-state index is -0.206. The molecule has 21 heavy (non-hydrogen) atoms. The van der Waals surface area contributed by atoms with Gasteiger partial charge in [-0.15, -0.1) is 0 Å². The highest BCUT2D eigenvalue weighted by atomic mass is 16.3. The van der Waals surface area contributed by atoms with Gasteiger partial charge in [0.15, 0.2) is 0 Å². The van der Waals surface area contributed by atoms with Gasteiger partial charge in [-0.05, 0) is 55.9 Å². The lowest BCUT2D eigenvalue weighted by Gasteiger charge is -2.39. The number of nitrogens with zero attached hydrogens (tertiary/aromatic N) is 1. The summed E-state index contributed by atoms with van der Waals surface area (Å²) in [6.45, 7) is 2.45. The maximum atomic E-state index is 9.91. The van der Waals surface area contributed by atoms with Gasteiger partial charge < -0.3 is 16.2 Å². The Bertz CT molecular complexity index is 633. The summed E-state index contributed by atoms with van der Waals surface area (Å²) < 4.78 is 0. The molecule has 4 heteroatoms. The van der Waals surface area contributed by atoms with Crippen LogP contribution < -0.4 is 11.1 Å². The molecule has 4 N–H and O–H groups in total. The van der Waals surface area contributed by atoms with Crippen LogP contribution in [0.5, 0.6) is 0 Å². The number of hydrogen-bond donors (Lipinski definition) is 3. The number of benzene rings is 1. The number of aliphatic hydroxyl groups is 1. The van der Waals surface area contributed by atoms with Gasteiger partial charge in [0.25, 0.3) is 0 Å². The molecule has 0 bridgehead atoms. The molecule has 0 amide bonds. The number of fused-ring (bicyclic) bond motifs is 1. The van der Waals surface area contributed by atoms with E-state index in [9.17, 15) is 5.11 Å². The zero-order valence-electron chi connectivity index (χ0n) is 12.5. The molecule has 1 aromatic heterocycles. The number of aromatic nitrogens is 1. The number of nitrogens with two attached hydrogens (primary N) is 1. The summed E-state index contributed by atoms with van der Waals surface area (Å²) in [6, 6.07) is 7.75. The van der Waals surface area contributed by atoms with E-state index in [0.717, 1.165) is 53.9 Å². The van der Waals surface area contributed by atoms with Gasteiger partial charge in [-0.2, -0.15) is 0 Å². The van der Waals surface area contributed by atoms with Crippen molar-refractivity contribution in [1.82, 2.24) is 4.98 Å². The van der Waals surface area contributed by atoms with E-state index >= 15 is 0 Å². The minimum absolute atomic E-state index is 0.165. The second kappa shape index (κ2) is 5.53. The predicted octanol–water partition coefficient (Wildman–Crippen LogP) is 3.17. The standard InChI is InChI=1S/C17H23N3O/c1-12-4-7-17(11-21,8-5-12)20-15-6-9-19-16-10-13(18)2-3-14(15)16/h2-3,6,9-10,12,21H,4-5,7-8,11,18H2,1H3,(H,19,20). The number of anilines is 2. The number of rotatable bonds is 3. The maximum Gasteiger partial charge on any atom is 0.0743 e. The molecule has 1 aromatic carbocycles. The highest BCUT2D eigenvalue weighted by Gasteiger charge is 2.33. The third kappa shape index (κ3) is 2.81. The van der Waals surface area contributed by atoms with Gasteiger partial charge in [-0.3, -0.25) is 4.98 Å². The normalized spacial score (nSPS) is 25.9. The molecule has 0 saturated heterocycles. The van der Waals surface area contributed by atoms with Crippen LogP contribution in [0.3, 0.4) is 0 Å². The molecule has 1 fully saturated rings. The lowest BCUT2D eigenvalue weighted by Crippen LogP contribution is -2.45. The summed E-state index contributed by atoms with van der Waals surface area (Å²) in [5, 5.41) is 14.6. The van der Waals surface area contributed by atoms with Crippen LogP contribution >= 0.6 is 0 Å². The molecular weight excluding hydrogens is 262 g/mol. The minimum Gasteiger partial charge on any atom is -0.399 e. The molecule has 0 aliphatic heterocycles. The molecule has 1 heterocycles. The van der Waals surface area contributed by atoms with E-state index in [1.54, 1.807) is 6.20 Å². The first-order chi connectivity index (χ1) is 10.1. The average Bonchev–Trinajstić information content (AvgIpc) is 2.50. The van der Waals surface area contributed by atoms with Crippen molar-refractivity contribution in [3.8, 4) is 0 Å². The highest BCUT2D eigenvalue weighted by Crippen LogP contribution is 2.36. The molecule has 1 aliphatic rings. The van der Waals surface area contributed by atoms with Crippen LogP contribution in [0.4, 0.5) is 11.4 Å². The SMILES string of the molecule is CC1CCC(CO)(Nc2ccnc3cc(N)ccc23)CC1. The first-order valence-electron chi connectivity index (χ1n) is 7.65. The van der Waals surface area contributed by atoms with Gasteiger partial charge in [0.05, 0.1) is 17.7 Å². The van der Waals surface area contributed by atoms with Gasteiger partial charge in [0.2, 0.25) is 0 Å². The predicted molar refractivity (Wildman–Crippen MR) is 87.2 cm³/mol. The summed E-state index contributed by atoms with van der Waals surface area (Å²) in [7, 11) is 0. The van der Waals surface area contributed by atoms with E-state index in [2.05, 4.69) is 17.2 Å². The summed E-state index contributed by atoms with van der Waals surface area (Å²) in [5.74, 6) is 0.750. The van der Waals surface area contributed by atoms with Crippen molar-refractivity contribution in [3.63, 3.8) is 0 Å². The summed E-state index contributed by atoms with van der Waals surface area (Å²) >= 11 is 0. The van der Waals surface area contributed by atoms with Crippen molar-refractivity contribution in [2.24, 2.45) is 5.92 Å². The van der Waals surface area contributed by atoms with E-state index in [4.69, 9.17) is 5.73 Å². The second-order valence-corrected chi connectivity index (χ2v) is 6.38. The van der Waals surface area contributed by atoms with E-state index in [-0.39, 0.29) is 12.1 Å². The largest absolute Gasteiger partial charge is 0.399 e. The van der Waals surface area contributed by atoms with Crippen LogP contribution in [-0.4, -0.2) is 22.2 Å². The summed E-state index contributed by atoms with van der Waals surface area (Å²) in [6.07, 6.45) is 6.11. The van der Waals surface area contributed by atoms with Crippen molar-refractivity contribution < 1.29 is 5.11 Å². The van der Waals surface area contributed by atoms with Gasteiger partial charge in [-0.25, -0.2) is 0 Å². The monoisotopic (exact) mass is 285 g/mol. The maximum absolute atomic E-state index is 9.91. The fraction of sp³-hybridized carbons (Fsp3) is 0.471. The number of pyridine rings is 1. The quantitative estimate of drug-likeness (QED) is 0.757. The van der Waals surface area contributed by atoms with Crippen molar-refractivity contribution in [1.29, 1.82) is 0 Å². The molecule has 0 spiro atoms. The fourth-order valence-electron chi connectivity index (χ4n) is 3.20. The Balaban J connectivity index is 1.93. The van der Waals surface area contributed by atoms with E-state index < -0.39 is 0 Å². The van der Waals surface area contributed by atoms with Crippen LogP contribution in [0.25, 0.3) is 10.9 Å². The molecule has 0 unspecified atom stereocenters. The van der Waals surface area contributed by atoms with Crippen molar-refractivity contribution in [3.05, 3.63) is 30.5 Å². The van der Waals surface area contributed by atoms with Crippen LogP contribution in [0.15, 0.2) is 30.5 Å². The molecular formula is C17H23N3O. The molecule has 1 saturated carbocycles. The highest BCUT2D eigenvalue weighted by molar-refractivity contribution is 5.93. The van der Waals surface area contributed by atoms with Gasteiger partial charge in [0.1, 0.15) is 0 Å². The van der Waals surface area contributed by atoms with Crippen LogP contribution in [0, 0.1) is 5.92 Å². The Kier molecular flexibility index (Phi) is 3.72. The van der Waals surface area contributed by atoms with E-state index in [0.29, 0.717) is 0 Å². The third-order valence-electron chi connectivity index (χ3n) is 4.70. The molecule has 4 nitrogen and oxygen atoms in total. The Labute approximate surface area is 125 Å². The Morgan fingerprint density at radius 1 is 1.33 bits per heavy atom. The molecule has 0 atom stereocenters. The van der Waals surface area contributed by atoms with Gasteiger partial charge in [-0.1, -0.05) is 6.92 Å². The molecule has 2 aromatic rings. The fourth-order valence-corrected chi connectivity index (χ4v) is 3.20. The zero-order chi connectivity index (χ0) is 14.9. The van der Waals surface area contributed by atoms with Crippen LogP contribution in [0.2, 0.25) is 0 Å². The van der Waals surface area contributed by atoms with Crippen molar-refractivity contribution in [2.45, 2.75) is 38.1 Å². The number of hydrogen-bond acceptors (Lipinski definition) is 4. The number of nitrogen functional groups attached to an aromatic ring is 1. The Morgan fingerprint density at radius 3 is 2.81 bits per heavy atom. The topological polar surface area (TPSA) is 71.2 Å². The number of aliphatic hydroxyl groups excluding tert-OH is 1. The smallest absolute Gasteiger partial charge is 0.0743 e. The van der Waals surface area contributed by atoms with Crippen LogP contribution in [0.1, 0.15) is 32.6 Å². The van der Waals surface area contributed by atoms with Crippen LogP contribution in [-0.2, 0) is 0 Å². The molecule has 112 valence electrons. The van der Waals surface area contributed by atoms with Gasteiger partial charge >= 0.3 is 0 Å². The van der Waals surface area contributed by atoms with E-state index in [1.807, 2.05) is 24.3 Å². The number of nitrogens with one attached hydrogen (secondary N) is 1. The Hall–Kier alpha value is -1.81. The molecule has 0 radical (unpaired) electrons. The lowest BCUT2D eigenvalue weighted by atomic mass is 9.77. The summed E-state index contributed by atoms with van der Waals surface area (Å²) in [5.41, 5.74) is 8.25. The molecule has 1 aliphatic carbocycles.